The van der Waals surface area contributed by atoms with E-state index in [0.29, 0.717) is 30.6 Å². The van der Waals surface area contributed by atoms with Gasteiger partial charge in [-0.2, -0.15) is 0 Å². The normalized spacial score (nSPS) is 33.0. The van der Waals surface area contributed by atoms with E-state index in [2.05, 4.69) is 25.2 Å². The highest BCUT2D eigenvalue weighted by Gasteiger charge is 2.38. The van der Waals surface area contributed by atoms with Gasteiger partial charge in [0.1, 0.15) is 12.2 Å². The highest BCUT2D eigenvalue weighted by Crippen LogP contribution is 2.42. The lowest BCUT2D eigenvalue weighted by Gasteiger charge is -2.39. The van der Waals surface area contributed by atoms with Crippen molar-refractivity contribution in [1.29, 1.82) is 0 Å². The van der Waals surface area contributed by atoms with E-state index in [9.17, 15) is 9.59 Å². The summed E-state index contributed by atoms with van der Waals surface area (Å²) in [7, 11) is 0. The van der Waals surface area contributed by atoms with Crippen LogP contribution in [0.5, 0.6) is 0 Å². The largest absolute Gasteiger partial charge is 0.462 e. The van der Waals surface area contributed by atoms with Gasteiger partial charge in [-0.15, -0.1) is 0 Å². The molecule has 0 aromatic heterocycles. The molecule has 0 spiro atoms. The van der Waals surface area contributed by atoms with E-state index < -0.39 is 0 Å². The molecular formula is C23H34O4. The molecule has 0 radical (unpaired) electrons. The van der Waals surface area contributed by atoms with Gasteiger partial charge in [-0.25, -0.2) is 0 Å². The van der Waals surface area contributed by atoms with Crippen molar-refractivity contribution in [2.75, 3.05) is 0 Å². The Hall–Kier alpha value is -1.58. The summed E-state index contributed by atoms with van der Waals surface area (Å²) >= 11 is 0. The lowest BCUT2D eigenvalue weighted by atomic mass is 9.70. The molecule has 1 saturated heterocycles. The lowest BCUT2D eigenvalue weighted by Crippen LogP contribution is -2.37. The van der Waals surface area contributed by atoms with Gasteiger partial charge < -0.3 is 9.47 Å². The Bertz CT molecular complexity index is 591. The van der Waals surface area contributed by atoms with Crippen LogP contribution in [0, 0.1) is 17.8 Å². The summed E-state index contributed by atoms with van der Waals surface area (Å²) in [6.07, 6.45) is 15.6. The second-order valence-electron chi connectivity index (χ2n) is 8.39. The van der Waals surface area contributed by atoms with E-state index in [4.69, 9.17) is 9.47 Å². The number of ether oxygens (including phenoxy) is 2. The second-order valence-corrected chi connectivity index (χ2v) is 8.39. The molecular weight excluding hydrogens is 340 g/mol. The average Bonchev–Trinajstić information content (AvgIpc) is 2.66. The van der Waals surface area contributed by atoms with Crippen LogP contribution in [0.3, 0.4) is 0 Å². The lowest BCUT2D eigenvalue weighted by molar-refractivity contribution is -0.158. The minimum absolute atomic E-state index is 0.00343. The standard InChI is InChI=1S/C23H34O4/c1-3-7-21(24)27-20-11-6-10-17-8-5-9-18(23(17)20)12-13-19-14-16(4-2)15-22(25)26-19/h5,8,10,16,18-20,23H,3-4,6-7,9,11-15H2,1-2H3. The van der Waals surface area contributed by atoms with Crippen molar-refractivity contribution >= 4 is 11.9 Å². The minimum atomic E-state index is -0.0657. The summed E-state index contributed by atoms with van der Waals surface area (Å²) in [5.74, 6) is 1.12. The molecule has 0 aromatic rings. The molecule has 27 heavy (non-hydrogen) atoms. The number of carbonyl (C=O) groups is 2. The van der Waals surface area contributed by atoms with Crippen molar-refractivity contribution in [3.63, 3.8) is 0 Å². The highest BCUT2D eigenvalue weighted by atomic mass is 16.5. The molecule has 0 aromatic carbocycles. The Labute approximate surface area is 163 Å². The third-order valence-electron chi connectivity index (χ3n) is 6.40. The first-order chi connectivity index (χ1) is 13.1. The van der Waals surface area contributed by atoms with Gasteiger partial charge in [0.2, 0.25) is 0 Å². The van der Waals surface area contributed by atoms with Crippen molar-refractivity contribution in [1.82, 2.24) is 0 Å². The predicted octanol–water partition coefficient (Wildman–Crippen LogP) is 5.12. The molecule has 4 nitrogen and oxygen atoms in total. The SMILES string of the molecule is CCCC(=O)OC1CCC=C2C=CCC(CCC3CC(CC)CC(=O)O3)C21. The van der Waals surface area contributed by atoms with E-state index in [1.165, 1.54) is 5.57 Å². The molecule has 0 saturated carbocycles. The second kappa shape index (κ2) is 9.57. The fourth-order valence-corrected chi connectivity index (χ4v) is 4.95. The molecule has 1 heterocycles. The first-order valence-electron chi connectivity index (χ1n) is 10.9. The quantitative estimate of drug-likeness (QED) is 0.580. The summed E-state index contributed by atoms with van der Waals surface area (Å²) in [5, 5.41) is 0. The zero-order valence-corrected chi connectivity index (χ0v) is 16.8. The number of rotatable bonds is 7. The summed E-state index contributed by atoms with van der Waals surface area (Å²) < 4.78 is 11.5. The number of cyclic esters (lactones) is 1. The van der Waals surface area contributed by atoms with Gasteiger partial charge in [-0.1, -0.05) is 38.5 Å². The number of esters is 2. The molecule has 3 aliphatic rings. The van der Waals surface area contributed by atoms with Crippen molar-refractivity contribution in [2.24, 2.45) is 17.8 Å². The van der Waals surface area contributed by atoms with E-state index >= 15 is 0 Å². The summed E-state index contributed by atoms with van der Waals surface area (Å²) in [5.41, 5.74) is 1.33. The van der Waals surface area contributed by atoms with Crippen LogP contribution in [0.25, 0.3) is 0 Å². The number of allylic oxidation sites excluding steroid dienone is 3. The molecule has 5 atom stereocenters. The zero-order valence-electron chi connectivity index (χ0n) is 16.8. The molecule has 2 aliphatic carbocycles. The van der Waals surface area contributed by atoms with Crippen LogP contribution < -0.4 is 0 Å². The Balaban J connectivity index is 1.62. The van der Waals surface area contributed by atoms with Gasteiger partial charge in [0.15, 0.2) is 0 Å². The third-order valence-corrected chi connectivity index (χ3v) is 6.40. The molecule has 0 bridgehead atoms. The highest BCUT2D eigenvalue weighted by molar-refractivity contribution is 5.70. The van der Waals surface area contributed by atoms with Crippen molar-refractivity contribution < 1.29 is 19.1 Å². The van der Waals surface area contributed by atoms with Gasteiger partial charge in [0.25, 0.3) is 0 Å². The van der Waals surface area contributed by atoms with Gasteiger partial charge in [0.05, 0.1) is 0 Å². The Morgan fingerprint density at radius 1 is 1.30 bits per heavy atom. The monoisotopic (exact) mass is 374 g/mol. The third kappa shape index (κ3) is 5.24. The summed E-state index contributed by atoms with van der Waals surface area (Å²) in [4.78, 5) is 23.9. The van der Waals surface area contributed by atoms with Gasteiger partial charge in [-0.05, 0) is 62.4 Å². The number of fused-ring (bicyclic) bond motifs is 1. The van der Waals surface area contributed by atoms with E-state index in [0.717, 1.165) is 51.4 Å². The maximum Gasteiger partial charge on any atom is 0.306 e. The zero-order chi connectivity index (χ0) is 19.2. The molecule has 1 aliphatic heterocycles. The minimum Gasteiger partial charge on any atom is -0.462 e. The first kappa shape index (κ1) is 20.2. The molecule has 0 N–H and O–H groups in total. The van der Waals surface area contributed by atoms with E-state index in [-0.39, 0.29) is 24.1 Å². The smallest absolute Gasteiger partial charge is 0.306 e. The van der Waals surface area contributed by atoms with Crippen molar-refractivity contribution in [3.8, 4) is 0 Å². The summed E-state index contributed by atoms with van der Waals surface area (Å²) in [6.45, 7) is 4.16. The van der Waals surface area contributed by atoms with Crippen LogP contribution in [0.4, 0.5) is 0 Å². The van der Waals surface area contributed by atoms with Gasteiger partial charge >= 0.3 is 11.9 Å². The average molecular weight is 375 g/mol. The van der Waals surface area contributed by atoms with Crippen molar-refractivity contribution in [2.45, 2.75) is 90.3 Å². The van der Waals surface area contributed by atoms with Gasteiger partial charge in [0, 0.05) is 18.8 Å². The van der Waals surface area contributed by atoms with E-state index in [1.54, 1.807) is 0 Å². The van der Waals surface area contributed by atoms with Crippen molar-refractivity contribution in [3.05, 3.63) is 23.8 Å². The topological polar surface area (TPSA) is 52.6 Å². The maximum absolute atomic E-state index is 12.1. The summed E-state index contributed by atoms with van der Waals surface area (Å²) in [6, 6.07) is 0. The number of hydrogen-bond donors (Lipinski definition) is 0. The number of carbonyl (C=O) groups excluding carboxylic acids is 2. The van der Waals surface area contributed by atoms with Crippen LogP contribution >= 0.6 is 0 Å². The fraction of sp³-hybridized carbons (Fsp3) is 0.739. The predicted molar refractivity (Wildman–Crippen MR) is 105 cm³/mol. The van der Waals surface area contributed by atoms with Crippen LogP contribution in [0.2, 0.25) is 0 Å². The Kier molecular flexibility index (Phi) is 7.14. The molecule has 5 unspecified atom stereocenters. The molecule has 1 fully saturated rings. The fourth-order valence-electron chi connectivity index (χ4n) is 4.95. The molecule has 150 valence electrons. The van der Waals surface area contributed by atoms with Crippen LogP contribution in [0.1, 0.15) is 78.1 Å². The van der Waals surface area contributed by atoms with Crippen LogP contribution in [-0.4, -0.2) is 24.1 Å². The maximum atomic E-state index is 12.1. The van der Waals surface area contributed by atoms with E-state index in [1.807, 2.05) is 6.92 Å². The van der Waals surface area contributed by atoms with Gasteiger partial charge in [-0.3, -0.25) is 9.59 Å². The molecule has 4 heteroatoms. The Morgan fingerprint density at radius 3 is 2.93 bits per heavy atom. The first-order valence-corrected chi connectivity index (χ1v) is 10.9. The van der Waals surface area contributed by atoms with Crippen LogP contribution in [-0.2, 0) is 19.1 Å². The molecule has 3 rings (SSSR count). The Morgan fingerprint density at radius 2 is 2.15 bits per heavy atom. The number of hydrogen-bond acceptors (Lipinski definition) is 4. The van der Waals surface area contributed by atoms with Crippen LogP contribution in [0.15, 0.2) is 23.8 Å². The molecule has 0 amide bonds.